The lowest BCUT2D eigenvalue weighted by molar-refractivity contribution is -0.134. The molecule has 1 aliphatic heterocycles. The van der Waals surface area contributed by atoms with Crippen LogP contribution in [0.3, 0.4) is 0 Å². The normalized spacial score (nSPS) is 21.2. The van der Waals surface area contributed by atoms with Crippen LogP contribution >= 0.6 is 0 Å². The van der Waals surface area contributed by atoms with Crippen molar-refractivity contribution in [3.8, 4) is 5.75 Å². The number of nitrogens with one attached hydrogen (secondary N) is 1. The van der Waals surface area contributed by atoms with Crippen molar-refractivity contribution < 1.29 is 14.3 Å². The largest absolute Gasteiger partial charge is 0.497 e. The fourth-order valence-electron chi connectivity index (χ4n) is 5.44. The highest BCUT2D eigenvalue weighted by molar-refractivity contribution is 6.03. The summed E-state index contributed by atoms with van der Waals surface area (Å²) in [5, 5.41) is 4.30. The van der Waals surface area contributed by atoms with Crippen molar-refractivity contribution in [3.63, 3.8) is 0 Å². The zero-order valence-electron chi connectivity index (χ0n) is 20.0. The smallest absolute Gasteiger partial charge is 0.271 e. The SMILES string of the molecule is COc1ccc2cc3n(c2c1)CC(C)(C(=O)NC1CCCCCC1)N(Cc1ccccc1)C3=O. The van der Waals surface area contributed by atoms with E-state index in [2.05, 4.69) is 5.32 Å². The Balaban J connectivity index is 1.55. The Morgan fingerprint density at radius 1 is 1.06 bits per heavy atom. The Morgan fingerprint density at radius 2 is 1.79 bits per heavy atom. The van der Waals surface area contributed by atoms with Crippen molar-refractivity contribution in [2.45, 2.75) is 70.1 Å². The van der Waals surface area contributed by atoms with Crippen LogP contribution in [0.25, 0.3) is 10.9 Å². The van der Waals surface area contributed by atoms with Gasteiger partial charge in [0.15, 0.2) is 0 Å². The number of carbonyl (C=O) groups excluding carboxylic acids is 2. The minimum atomic E-state index is -1.01. The van der Waals surface area contributed by atoms with Gasteiger partial charge in [-0.2, -0.15) is 0 Å². The predicted molar refractivity (Wildman–Crippen MR) is 133 cm³/mol. The van der Waals surface area contributed by atoms with E-state index < -0.39 is 5.54 Å². The highest BCUT2D eigenvalue weighted by Crippen LogP contribution is 2.35. The molecule has 1 atom stereocenters. The first-order valence-corrected chi connectivity index (χ1v) is 12.3. The molecule has 2 aliphatic rings. The van der Waals surface area contributed by atoms with Gasteiger partial charge in [0.2, 0.25) is 5.91 Å². The Kier molecular flexibility index (Phi) is 6.07. The fraction of sp³-hybridized carbons (Fsp3) is 0.429. The molecule has 6 heteroatoms. The van der Waals surface area contributed by atoms with Gasteiger partial charge in [0, 0.05) is 24.0 Å². The molecule has 0 spiro atoms. The molecular weight excluding hydrogens is 426 g/mol. The molecule has 1 saturated carbocycles. The summed E-state index contributed by atoms with van der Waals surface area (Å²) in [4.78, 5) is 29.6. The molecule has 1 fully saturated rings. The van der Waals surface area contributed by atoms with Crippen LogP contribution in [-0.4, -0.2) is 40.0 Å². The number of ether oxygens (including phenoxy) is 1. The quantitative estimate of drug-likeness (QED) is 0.552. The monoisotopic (exact) mass is 459 g/mol. The van der Waals surface area contributed by atoms with Crippen molar-refractivity contribution in [2.75, 3.05) is 7.11 Å². The molecule has 0 bridgehead atoms. The molecule has 34 heavy (non-hydrogen) atoms. The average molecular weight is 460 g/mol. The number of rotatable bonds is 5. The second-order valence-electron chi connectivity index (χ2n) is 9.85. The Hall–Kier alpha value is -3.28. The number of amides is 2. The number of nitrogens with zero attached hydrogens (tertiary/aromatic N) is 2. The number of hydrogen-bond acceptors (Lipinski definition) is 3. The van der Waals surface area contributed by atoms with Gasteiger partial charge in [-0.1, -0.05) is 56.0 Å². The first kappa shape index (κ1) is 22.5. The van der Waals surface area contributed by atoms with Crippen LogP contribution in [0.15, 0.2) is 54.6 Å². The van der Waals surface area contributed by atoms with Crippen LogP contribution in [0.5, 0.6) is 5.75 Å². The number of methoxy groups -OCH3 is 1. The lowest BCUT2D eigenvalue weighted by atomic mass is 9.93. The van der Waals surface area contributed by atoms with Crippen LogP contribution in [0.1, 0.15) is 61.5 Å². The van der Waals surface area contributed by atoms with Gasteiger partial charge in [-0.15, -0.1) is 0 Å². The summed E-state index contributed by atoms with van der Waals surface area (Å²) in [5.41, 5.74) is 1.52. The predicted octanol–water partition coefficient (Wildman–Crippen LogP) is 4.90. The maximum absolute atomic E-state index is 13.9. The minimum Gasteiger partial charge on any atom is -0.497 e. The summed E-state index contributed by atoms with van der Waals surface area (Å²) in [5.74, 6) is 0.542. The van der Waals surface area contributed by atoms with Crippen LogP contribution in [0.2, 0.25) is 0 Å². The van der Waals surface area contributed by atoms with Crippen LogP contribution in [0, 0.1) is 0 Å². The zero-order chi connectivity index (χ0) is 23.7. The Labute approximate surface area is 200 Å². The van der Waals surface area contributed by atoms with Gasteiger partial charge in [-0.25, -0.2) is 0 Å². The van der Waals surface area contributed by atoms with Crippen molar-refractivity contribution in [3.05, 3.63) is 65.9 Å². The van der Waals surface area contributed by atoms with E-state index in [0.29, 0.717) is 18.8 Å². The third kappa shape index (κ3) is 4.06. The lowest BCUT2D eigenvalue weighted by Gasteiger charge is -2.44. The average Bonchev–Trinajstić information content (AvgIpc) is 3.01. The molecule has 2 aromatic carbocycles. The summed E-state index contributed by atoms with van der Waals surface area (Å²) in [6.07, 6.45) is 6.74. The summed E-state index contributed by atoms with van der Waals surface area (Å²) in [7, 11) is 1.64. The number of hydrogen-bond donors (Lipinski definition) is 1. The Bertz CT molecular complexity index is 1190. The molecule has 2 heterocycles. The molecule has 1 aromatic heterocycles. The molecule has 1 N–H and O–H groups in total. The maximum atomic E-state index is 13.9. The van der Waals surface area contributed by atoms with Gasteiger partial charge in [0.1, 0.15) is 17.0 Å². The molecule has 3 aromatic rings. The first-order valence-electron chi connectivity index (χ1n) is 12.3. The van der Waals surface area contributed by atoms with Crippen LogP contribution in [0.4, 0.5) is 0 Å². The summed E-state index contributed by atoms with van der Waals surface area (Å²) in [6, 6.07) is 17.8. The molecule has 2 amide bonds. The first-order chi connectivity index (χ1) is 16.5. The summed E-state index contributed by atoms with van der Waals surface area (Å²) >= 11 is 0. The molecule has 178 valence electrons. The van der Waals surface area contributed by atoms with Gasteiger partial charge in [-0.05, 0) is 43.5 Å². The molecule has 6 nitrogen and oxygen atoms in total. The van der Waals surface area contributed by atoms with E-state index >= 15 is 0 Å². The van der Waals surface area contributed by atoms with E-state index in [1.165, 1.54) is 12.8 Å². The maximum Gasteiger partial charge on any atom is 0.271 e. The number of carbonyl (C=O) groups is 2. The van der Waals surface area contributed by atoms with Crippen molar-refractivity contribution in [2.24, 2.45) is 0 Å². The van der Waals surface area contributed by atoms with Crippen molar-refractivity contribution in [1.29, 1.82) is 0 Å². The number of fused-ring (bicyclic) bond motifs is 3. The molecule has 1 aliphatic carbocycles. The van der Waals surface area contributed by atoms with Gasteiger partial charge in [0.05, 0.1) is 19.2 Å². The van der Waals surface area contributed by atoms with Gasteiger partial charge >= 0.3 is 0 Å². The number of aromatic nitrogens is 1. The van der Waals surface area contributed by atoms with Crippen molar-refractivity contribution >= 4 is 22.7 Å². The van der Waals surface area contributed by atoms with E-state index in [9.17, 15) is 9.59 Å². The van der Waals surface area contributed by atoms with Crippen molar-refractivity contribution in [1.82, 2.24) is 14.8 Å². The van der Waals surface area contributed by atoms with E-state index in [1.807, 2.05) is 66.1 Å². The van der Waals surface area contributed by atoms with E-state index in [1.54, 1.807) is 12.0 Å². The Morgan fingerprint density at radius 3 is 2.50 bits per heavy atom. The standard InChI is InChI=1S/C28H33N3O3/c1-28(27(33)29-22-12-8-3-4-9-13-22)19-30-24-17-23(34-2)15-14-21(24)16-25(30)26(32)31(28)18-20-10-6-5-7-11-20/h5-7,10-11,14-17,22H,3-4,8-9,12-13,18-19H2,1-2H3,(H,29,33). The number of benzene rings is 2. The fourth-order valence-corrected chi connectivity index (χ4v) is 5.44. The van der Waals surface area contributed by atoms with E-state index in [-0.39, 0.29) is 17.9 Å². The van der Waals surface area contributed by atoms with E-state index in [0.717, 1.165) is 47.9 Å². The summed E-state index contributed by atoms with van der Waals surface area (Å²) < 4.78 is 7.43. The third-order valence-corrected chi connectivity index (χ3v) is 7.50. The van der Waals surface area contributed by atoms with E-state index in [4.69, 9.17) is 4.74 Å². The van der Waals surface area contributed by atoms with Gasteiger partial charge < -0.3 is 19.5 Å². The zero-order valence-corrected chi connectivity index (χ0v) is 20.0. The third-order valence-electron chi connectivity index (χ3n) is 7.50. The van der Waals surface area contributed by atoms with Crippen LogP contribution < -0.4 is 10.1 Å². The molecular formula is C28H33N3O3. The minimum absolute atomic E-state index is 0.0703. The topological polar surface area (TPSA) is 63.6 Å². The second kappa shape index (κ2) is 9.16. The molecule has 0 saturated heterocycles. The highest BCUT2D eigenvalue weighted by atomic mass is 16.5. The molecule has 5 rings (SSSR count). The second-order valence-corrected chi connectivity index (χ2v) is 9.85. The molecule has 1 unspecified atom stereocenters. The van der Waals surface area contributed by atoms with Gasteiger partial charge in [0.25, 0.3) is 5.91 Å². The molecule has 0 radical (unpaired) electrons. The van der Waals surface area contributed by atoms with Gasteiger partial charge in [-0.3, -0.25) is 9.59 Å². The highest BCUT2D eigenvalue weighted by Gasteiger charge is 2.48. The lowest BCUT2D eigenvalue weighted by Crippen LogP contribution is -2.64. The van der Waals surface area contributed by atoms with Crippen LogP contribution in [-0.2, 0) is 17.9 Å². The summed E-state index contributed by atoms with van der Waals surface area (Å²) in [6.45, 7) is 2.70.